The van der Waals surface area contributed by atoms with Crippen molar-refractivity contribution in [3.05, 3.63) is 105 Å². The highest BCUT2D eigenvalue weighted by Gasteiger charge is 2.20. The second-order valence-corrected chi connectivity index (χ2v) is 7.81. The van der Waals surface area contributed by atoms with Crippen molar-refractivity contribution in [2.24, 2.45) is 0 Å². The van der Waals surface area contributed by atoms with Gasteiger partial charge in [-0.05, 0) is 36.2 Å². The summed E-state index contributed by atoms with van der Waals surface area (Å²) in [5.74, 6) is -0.915. The second kappa shape index (κ2) is 10.2. The average Bonchev–Trinajstić information content (AvgIpc) is 2.73. The molecule has 0 aliphatic carbocycles. The Balaban J connectivity index is 1.67. The maximum Gasteiger partial charge on any atom is 0.251 e. The van der Waals surface area contributed by atoms with Crippen molar-refractivity contribution in [1.82, 2.24) is 10.6 Å². The summed E-state index contributed by atoms with van der Waals surface area (Å²) in [6.45, 7) is 2.04. The van der Waals surface area contributed by atoms with Gasteiger partial charge in [0.25, 0.3) is 5.91 Å². The van der Waals surface area contributed by atoms with Crippen LogP contribution in [-0.2, 0) is 4.79 Å². The maximum absolute atomic E-state index is 14.6. The number of carbonyl (C=O) groups excluding carboxylic acids is 2. The van der Waals surface area contributed by atoms with E-state index in [4.69, 9.17) is 0 Å². The Hall–Kier alpha value is -2.99. The number of hydrogen-bond acceptors (Lipinski definition) is 2. The van der Waals surface area contributed by atoms with E-state index < -0.39 is 11.9 Å². The van der Waals surface area contributed by atoms with Crippen LogP contribution in [0.3, 0.4) is 0 Å². The van der Waals surface area contributed by atoms with Crippen molar-refractivity contribution in [3.63, 3.8) is 0 Å². The lowest BCUT2D eigenvalue weighted by molar-refractivity contribution is -0.121. The minimum Gasteiger partial charge on any atom is -0.352 e. The third-order valence-electron chi connectivity index (χ3n) is 4.74. The van der Waals surface area contributed by atoms with Crippen LogP contribution in [0.2, 0.25) is 0 Å². The number of nitrogens with one attached hydrogen (secondary N) is 2. The molecule has 3 aromatic carbocycles. The van der Waals surface area contributed by atoms with Gasteiger partial charge >= 0.3 is 0 Å². The van der Waals surface area contributed by atoms with Gasteiger partial charge in [0.2, 0.25) is 5.91 Å². The SMILES string of the molecule is Cc1ccccc1C(=O)NCCC(=O)NC(c1ccccc1)c1ccc(Br)cc1F. The van der Waals surface area contributed by atoms with Crippen LogP contribution in [0.25, 0.3) is 0 Å². The van der Waals surface area contributed by atoms with Crippen molar-refractivity contribution >= 4 is 27.7 Å². The summed E-state index contributed by atoms with van der Waals surface area (Å²) >= 11 is 3.26. The van der Waals surface area contributed by atoms with Crippen LogP contribution in [0.4, 0.5) is 4.39 Å². The van der Waals surface area contributed by atoms with Gasteiger partial charge in [-0.1, -0.05) is 70.5 Å². The lowest BCUT2D eigenvalue weighted by atomic mass is 9.98. The van der Waals surface area contributed by atoms with E-state index >= 15 is 0 Å². The van der Waals surface area contributed by atoms with E-state index in [1.807, 2.05) is 49.4 Å². The van der Waals surface area contributed by atoms with Crippen LogP contribution in [0, 0.1) is 12.7 Å². The van der Waals surface area contributed by atoms with Crippen LogP contribution in [0.1, 0.15) is 39.5 Å². The Morgan fingerprint density at radius 1 is 1.00 bits per heavy atom. The van der Waals surface area contributed by atoms with Crippen molar-refractivity contribution in [1.29, 1.82) is 0 Å². The van der Waals surface area contributed by atoms with Crippen LogP contribution >= 0.6 is 15.9 Å². The molecule has 0 aliphatic heterocycles. The van der Waals surface area contributed by atoms with Crippen LogP contribution in [0.5, 0.6) is 0 Å². The van der Waals surface area contributed by atoms with E-state index in [0.29, 0.717) is 15.6 Å². The summed E-state index contributed by atoms with van der Waals surface area (Å²) < 4.78 is 15.2. The average molecular weight is 469 g/mol. The third kappa shape index (κ3) is 5.54. The highest BCUT2D eigenvalue weighted by Crippen LogP contribution is 2.26. The molecule has 154 valence electrons. The number of carbonyl (C=O) groups is 2. The van der Waals surface area contributed by atoms with Gasteiger partial charge in [0.15, 0.2) is 0 Å². The zero-order chi connectivity index (χ0) is 21.5. The van der Waals surface area contributed by atoms with E-state index in [-0.39, 0.29) is 24.8 Å². The molecule has 0 radical (unpaired) electrons. The van der Waals surface area contributed by atoms with Crippen molar-refractivity contribution in [2.45, 2.75) is 19.4 Å². The van der Waals surface area contributed by atoms with Gasteiger partial charge in [-0.2, -0.15) is 0 Å². The summed E-state index contributed by atoms with van der Waals surface area (Å²) in [6.07, 6.45) is 0.0824. The molecule has 0 heterocycles. The number of aryl methyl sites for hydroxylation is 1. The molecule has 1 atom stereocenters. The van der Waals surface area contributed by atoms with Crippen molar-refractivity contribution < 1.29 is 14.0 Å². The fourth-order valence-corrected chi connectivity index (χ4v) is 3.50. The highest BCUT2D eigenvalue weighted by atomic mass is 79.9. The predicted octanol–water partition coefficient (Wildman–Crippen LogP) is 4.92. The van der Waals surface area contributed by atoms with Gasteiger partial charge in [0.05, 0.1) is 6.04 Å². The Kier molecular flexibility index (Phi) is 7.36. The number of hydrogen-bond donors (Lipinski definition) is 2. The normalized spacial score (nSPS) is 11.6. The molecule has 3 aromatic rings. The van der Waals surface area contributed by atoms with Gasteiger partial charge in [0.1, 0.15) is 5.82 Å². The monoisotopic (exact) mass is 468 g/mol. The van der Waals surface area contributed by atoms with Gasteiger partial charge in [-0.3, -0.25) is 9.59 Å². The molecule has 3 rings (SSSR count). The van der Waals surface area contributed by atoms with E-state index in [1.165, 1.54) is 6.07 Å². The smallest absolute Gasteiger partial charge is 0.251 e. The molecular formula is C24H22BrFN2O2. The van der Waals surface area contributed by atoms with Crippen LogP contribution in [-0.4, -0.2) is 18.4 Å². The number of rotatable bonds is 7. The molecule has 0 bridgehead atoms. The fourth-order valence-electron chi connectivity index (χ4n) is 3.17. The first kappa shape index (κ1) is 21.7. The zero-order valence-electron chi connectivity index (χ0n) is 16.5. The Morgan fingerprint density at radius 3 is 2.40 bits per heavy atom. The molecule has 2 amide bonds. The van der Waals surface area contributed by atoms with Crippen molar-refractivity contribution in [3.8, 4) is 0 Å². The molecule has 0 saturated heterocycles. The molecule has 0 aromatic heterocycles. The largest absolute Gasteiger partial charge is 0.352 e. The maximum atomic E-state index is 14.6. The highest BCUT2D eigenvalue weighted by molar-refractivity contribution is 9.10. The molecule has 0 spiro atoms. The van der Waals surface area contributed by atoms with Gasteiger partial charge in [-0.15, -0.1) is 0 Å². The summed E-state index contributed by atoms with van der Waals surface area (Å²) in [5, 5.41) is 5.65. The van der Waals surface area contributed by atoms with E-state index in [2.05, 4.69) is 26.6 Å². The molecule has 0 aliphatic rings. The summed E-state index contributed by atoms with van der Waals surface area (Å²) in [7, 11) is 0. The summed E-state index contributed by atoms with van der Waals surface area (Å²) in [5.41, 5.74) is 2.60. The molecular weight excluding hydrogens is 447 g/mol. The first-order chi connectivity index (χ1) is 14.5. The van der Waals surface area contributed by atoms with Crippen LogP contribution in [0.15, 0.2) is 77.3 Å². The van der Waals surface area contributed by atoms with E-state index in [9.17, 15) is 14.0 Å². The Labute approximate surface area is 183 Å². The molecule has 6 heteroatoms. The topological polar surface area (TPSA) is 58.2 Å². The quantitative estimate of drug-likeness (QED) is 0.516. The predicted molar refractivity (Wildman–Crippen MR) is 119 cm³/mol. The lowest BCUT2D eigenvalue weighted by Gasteiger charge is -2.21. The van der Waals surface area contributed by atoms with Crippen LogP contribution < -0.4 is 10.6 Å². The first-order valence-electron chi connectivity index (χ1n) is 9.59. The molecule has 0 saturated carbocycles. The number of halogens is 2. The molecule has 2 N–H and O–H groups in total. The fraction of sp³-hybridized carbons (Fsp3) is 0.167. The van der Waals surface area contributed by atoms with Crippen molar-refractivity contribution in [2.75, 3.05) is 6.54 Å². The standard InChI is InChI=1S/C24H22BrFN2O2/c1-16-7-5-6-10-19(16)24(30)27-14-13-22(29)28-23(17-8-3-2-4-9-17)20-12-11-18(25)15-21(20)26/h2-12,15,23H,13-14H2,1H3,(H,27,30)(H,28,29). The zero-order valence-corrected chi connectivity index (χ0v) is 18.1. The molecule has 30 heavy (non-hydrogen) atoms. The second-order valence-electron chi connectivity index (χ2n) is 6.90. The number of benzene rings is 3. The van der Waals surface area contributed by atoms with Gasteiger partial charge < -0.3 is 10.6 Å². The number of amides is 2. The first-order valence-corrected chi connectivity index (χ1v) is 10.4. The summed E-state index contributed by atoms with van der Waals surface area (Å²) in [6, 6.07) is 20.6. The lowest BCUT2D eigenvalue weighted by Crippen LogP contribution is -2.33. The molecule has 0 fully saturated rings. The molecule has 1 unspecified atom stereocenters. The van der Waals surface area contributed by atoms with E-state index in [0.717, 1.165) is 11.1 Å². The molecule has 4 nitrogen and oxygen atoms in total. The minimum absolute atomic E-state index is 0.0824. The van der Waals surface area contributed by atoms with Gasteiger partial charge in [0, 0.05) is 28.6 Å². The van der Waals surface area contributed by atoms with Gasteiger partial charge in [-0.25, -0.2) is 4.39 Å². The third-order valence-corrected chi connectivity index (χ3v) is 5.23. The summed E-state index contributed by atoms with van der Waals surface area (Å²) in [4.78, 5) is 24.9. The van der Waals surface area contributed by atoms with E-state index in [1.54, 1.807) is 24.3 Å². The Morgan fingerprint density at radius 2 is 1.70 bits per heavy atom. The minimum atomic E-state index is -0.626. The Bertz CT molecular complexity index is 1040.